The van der Waals surface area contributed by atoms with Gasteiger partial charge in [0.1, 0.15) is 0 Å². The number of methoxy groups -OCH3 is 2. The first kappa shape index (κ1) is 21.3. The highest BCUT2D eigenvalue weighted by molar-refractivity contribution is 7.99. The van der Waals surface area contributed by atoms with Crippen molar-refractivity contribution in [2.24, 2.45) is 0 Å². The molecule has 1 aromatic heterocycles. The second-order valence-corrected chi connectivity index (χ2v) is 7.46. The maximum Gasteiger partial charge on any atom is 0.416 e. The van der Waals surface area contributed by atoms with Crippen molar-refractivity contribution in [2.75, 3.05) is 20.8 Å². The fourth-order valence-corrected chi connectivity index (χ4v) is 3.69. The summed E-state index contributed by atoms with van der Waals surface area (Å²) >= 11 is 1.07. The van der Waals surface area contributed by atoms with Crippen LogP contribution in [-0.4, -0.2) is 41.2 Å². The first-order valence-corrected chi connectivity index (χ1v) is 8.92. The van der Waals surface area contributed by atoms with Crippen molar-refractivity contribution in [3.8, 4) is 11.8 Å². The van der Waals surface area contributed by atoms with Gasteiger partial charge in [-0.3, -0.25) is 0 Å². The normalized spacial score (nSPS) is 13.3. The smallest absolute Gasteiger partial charge is 0.416 e. The second kappa shape index (κ2) is 8.35. The van der Waals surface area contributed by atoms with E-state index < -0.39 is 22.4 Å². The number of rotatable bonds is 7. The van der Waals surface area contributed by atoms with E-state index in [9.17, 15) is 18.3 Å². The Morgan fingerprint density at radius 1 is 1.04 bits per heavy atom. The van der Waals surface area contributed by atoms with Crippen molar-refractivity contribution < 1.29 is 27.8 Å². The van der Waals surface area contributed by atoms with Gasteiger partial charge in [-0.2, -0.15) is 23.1 Å². The quantitative estimate of drug-likeness (QED) is 0.559. The highest BCUT2D eigenvalue weighted by atomic mass is 32.2. The summed E-state index contributed by atoms with van der Waals surface area (Å²) in [5.41, 5.74) is -1.65. The van der Waals surface area contributed by atoms with E-state index in [1.807, 2.05) is 0 Å². The number of hydrogen-bond donors (Lipinski definition) is 1. The summed E-state index contributed by atoms with van der Waals surface area (Å²) in [5, 5.41) is 9.51. The van der Waals surface area contributed by atoms with Gasteiger partial charge >= 0.3 is 6.18 Å². The molecule has 2 rings (SSSR count). The van der Waals surface area contributed by atoms with Crippen LogP contribution in [-0.2, 0) is 11.6 Å². The van der Waals surface area contributed by atoms with Crippen LogP contribution in [0.5, 0.6) is 11.8 Å². The van der Waals surface area contributed by atoms with Crippen molar-refractivity contribution >= 4 is 11.8 Å². The van der Waals surface area contributed by atoms with E-state index in [2.05, 4.69) is 9.97 Å². The third-order valence-electron chi connectivity index (χ3n) is 4.22. The summed E-state index contributed by atoms with van der Waals surface area (Å²) in [4.78, 5) is 8.36. The van der Waals surface area contributed by atoms with Crippen LogP contribution >= 0.6 is 11.8 Å². The molecule has 2 aromatic rings. The summed E-state index contributed by atoms with van der Waals surface area (Å²) in [6.45, 7) is 2.94. The Balaban J connectivity index is 2.43. The van der Waals surface area contributed by atoms with Crippen LogP contribution in [0.4, 0.5) is 13.2 Å². The number of aliphatic hydroxyl groups is 1. The number of hydrogen-bond acceptors (Lipinski definition) is 6. The summed E-state index contributed by atoms with van der Waals surface area (Å²) < 4.78 is 50.5. The van der Waals surface area contributed by atoms with Crippen molar-refractivity contribution in [2.45, 2.75) is 35.8 Å². The number of nitrogens with zero attached hydrogens (tertiary/aromatic N) is 2. The molecule has 0 fully saturated rings. The van der Waals surface area contributed by atoms with Crippen LogP contribution in [0.25, 0.3) is 0 Å². The lowest BCUT2D eigenvalue weighted by Gasteiger charge is -2.34. The summed E-state index contributed by atoms with van der Waals surface area (Å²) in [7, 11) is 2.87. The Labute approximate surface area is 159 Å². The molecule has 0 aliphatic carbocycles. The molecule has 0 aliphatic rings. The summed E-state index contributed by atoms with van der Waals surface area (Å²) in [6.07, 6.45) is -4.49. The Bertz CT molecular complexity index is 762. The molecule has 27 heavy (non-hydrogen) atoms. The second-order valence-electron chi connectivity index (χ2n) is 6.29. The van der Waals surface area contributed by atoms with Gasteiger partial charge in [-0.25, -0.2) is 0 Å². The van der Waals surface area contributed by atoms with Gasteiger partial charge in [0.2, 0.25) is 11.8 Å². The van der Waals surface area contributed by atoms with Crippen molar-refractivity contribution in [3.05, 3.63) is 41.5 Å². The fraction of sp³-hybridized carbons (Fsp3) is 0.444. The molecule has 9 heteroatoms. The van der Waals surface area contributed by atoms with E-state index in [0.29, 0.717) is 0 Å². The molecule has 0 saturated carbocycles. The third-order valence-corrected chi connectivity index (χ3v) is 5.64. The van der Waals surface area contributed by atoms with Crippen LogP contribution in [0.2, 0.25) is 0 Å². The van der Waals surface area contributed by atoms with E-state index in [0.717, 1.165) is 17.8 Å². The van der Waals surface area contributed by atoms with Crippen molar-refractivity contribution in [1.82, 2.24) is 9.97 Å². The molecule has 0 radical (unpaired) electrons. The number of ether oxygens (including phenoxy) is 2. The zero-order valence-electron chi connectivity index (χ0n) is 15.4. The number of alkyl halides is 3. The highest BCUT2D eigenvalue weighted by Gasteiger charge is 2.41. The number of halogens is 3. The standard InChI is InChI=1S/C18H21F3N2O3S/c1-17(2,11-7-5-6-8-12(11)18(19,20)21)13(10-24)27-16-22-14(25-3)9-15(23-16)26-4/h5-9,13,24H,10H2,1-4H3. The first-order chi connectivity index (χ1) is 12.6. The van der Waals surface area contributed by atoms with Gasteiger partial charge in [0.25, 0.3) is 0 Å². The fourth-order valence-electron chi connectivity index (χ4n) is 2.65. The maximum atomic E-state index is 13.4. The number of benzene rings is 1. The molecular weight excluding hydrogens is 381 g/mol. The zero-order chi connectivity index (χ0) is 20.2. The van der Waals surface area contributed by atoms with E-state index in [-0.39, 0.29) is 29.1 Å². The Hall–Kier alpha value is -2.00. The van der Waals surface area contributed by atoms with Crippen LogP contribution < -0.4 is 9.47 Å². The Morgan fingerprint density at radius 3 is 2.00 bits per heavy atom. The summed E-state index contributed by atoms with van der Waals surface area (Å²) in [5.74, 6) is 0.518. The Morgan fingerprint density at radius 2 is 1.56 bits per heavy atom. The van der Waals surface area contributed by atoms with E-state index in [1.54, 1.807) is 19.9 Å². The summed E-state index contributed by atoms with van der Waals surface area (Å²) in [6, 6.07) is 6.86. The first-order valence-electron chi connectivity index (χ1n) is 8.04. The number of aromatic nitrogens is 2. The lowest BCUT2D eigenvalue weighted by Crippen LogP contribution is -2.36. The topological polar surface area (TPSA) is 64.5 Å². The van der Waals surface area contributed by atoms with Crippen LogP contribution in [0.3, 0.4) is 0 Å². The molecule has 5 nitrogen and oxygen atoms in total. The molecule has 148 valence electrons. The molecule has 0 aliphatic heterocycles. The molecule has 1 N–H and O–H groups in total. The van der Waals surface area contributed by atoms with Crippen LogP contribution in [0.15, 0.2) is 35.5 Å². The van der Waals surface area contributed by atoms with Gasteiger partial charge in [0, 0.05) is 10.7 Å². The van der Waals surface area contributed by atoms with Gasteiger partial charge in [0.05, 0.1) is 32.5 Å². The van der Waals surface area contributed by atoms with Gasteiger partial charge in [-0.1, -0.05) is 43.8 Å². The molecule has 1 atom stereocenters. The molecule has 0 saturated heterocycles. The predicted octanol–water partition coefficient (Wildman–Crippen LogP) is 3.94. The molecule has 0 bridgehead atoms. The largest absolute Gasteiger partial charge is 0.481 e. The SMILES string of the molecule is COc1cc(OC)nc(SC(CO)C(C)(C)c2ccccc2C(F)(F)F)n1. The lowest BCUT2D eigenvalue weighted by atomic mass is 9.78. The average Bonchev–Trinajstić information content (AvgIpc) is 2.64. The van der Waals surface area contributed by atoms with Crippen LogP contribution in [0.1, 0.15) is 25.0 Å². The van der Waals surface area contributed by atoms with Gasteiger partial charge < -0.3 is 14.6 Å². The zero-order valence-corrected chi connectivity index (χ0v) is 16.2. The lowest BCUT2D eigenvalue weighted by molar-refractivity contribution is -0.138. The van der Waals surface area contributed by atoms with Gasteiger partial charge in [0.15, 0.2) is 5.16 Å². The molecule has 1 aromatic carbocycles. The van der Waals surface area contributed by atoms with E-state index in [1.165, 1.54) is 32.4 Å². The predicted molar refractivity (Wildman–Crippen MR) is 96.3 cm³/mol. The number of thioether (sulfide) groups is 1. The van der Waals surface area contributed by atoms with Gasteiger partial charge in [-0.05, 0) is 11.6 Å². The monoisotopic (exact) mass is 402 g/mol. The highest BCUT2D eigenvalue weighted by Crippen LogP contribution is 2.43. The van der Waals surface area contributed by atoms with Crippen molar-refractivity contribution in [1.29, 1.82) is 0 Å². The molecule has 0 spiro atoms. The van der Waals surface area contributed by atoms with Crippen LogP contribution in [0, 0.1) is 0 Å². The van der Waals surface area contributed by atoms with Crippen molar-refractivity contribution in [3.63, 3.8) is 0 Å². The third kappa shape index (κ3) is 4.84. The minimum Gasteiger partial charge on any atom is -0.481 e. The molecule has 0 amide bonds. The molecule has 1 unspecified atom stereocenters. The minimum atomic E-state index is -4.49. The van der Waals surface area contributed by atoms with E-state index >= 15 is 0 Å². The number of aliphatic hydroxyl groups excluding tert-OH is 1. The maximum absolute atomic E-state index is 13.4. The van der Waals surface area contributed by atoms with Gasteiger partial charge in [-0.15, -0.1) is 0 Å². The molecular formula is C18H21F3N2O3S. The minimum absolute atomic E-state index is 0.0962. The Kier molecular flexibility index (Phi) is 6.59. The van der Waals surface area contributed by atoms with E-state index in [4.69, 9.17) is 9.47 Å². The molecule has 1 heterocycles. The average molecular weight is 402 g/mol.